The average molecular weight is 641 g/mol. The van der Waals surface area contributed by atoms with Crippen LogP contribution in [0.2, 0.25) is 0 Å². The monoisotopic (exact) mass is 640 g/mol. The summed E-state index contributed by atoms with van der Waals surface area (Å²) in [6, 6.07) is 53.3. The second-order valence-electron chi connectivity index (χ2n) is 12.3. The predicted molar refractivity (Wildman–Crippen MR) is 210 cm³/mol. The van der Waals surface area contributed by atoms with Crippen LogP contribution in [0.3, 0.4) is 0 Å². The van der Waals surface area contributed by atoms with Crippen molar-refractivity contribution in [2.24, 2.45) is 0 Å². The van der Waals surface area contributed by atoms with Crippen molar-refractivity contribution in [3.05, 3.63) is 183 Å². The van der Waals surface area contributed by atoms with Crippen LogP contribution in [0.1, 0.15) is 0 Å². The van der Waals surface area contributed by atoms with E-state index in [0.717, 1.165) is 61.2 Å². The Balaban J connectivity index is 1.34. The molecule has 6 aromatic carbocycles. The van der Waals surface area contributed by atoms with Crippen molar-refractivity contribution in [1.82, 2.24) is 19.1 Å². The molecule has 0 spiro atoms. The van der Waals surface area contributed by atoms with Gasteiger partial charge in [-0.25, -0.2) is 9.97 Å². The second kappa shape index (κ2) is 12.0. The molecule has 4 nitrogen and oxygen atoms in total. The van der Waals surface area contributed by atoms with E-state index < -0.39 is 0 Å². The van der Waals surface area contributed by atoms with Crippen LogP contribution in [-0.4, -0.2) is 19.1 Å². The van der Waals surface area contributed by atoms with E-state index in [2.05, 4.69) is 156 Å². The lowest BCUT2D eigenvalue weighted by Gasteiger charge is -2.12. The first-order chi connectivity index (χ1) is 24.7. The minimum absolute atomic E-state index is 0.666. The van der Waals surface area contributed by atoms with E-state index in [9.17, 15) is 0 Å². The molecule has 0 amide bonds. The van der Waals surface area contributed by atoms with E-state index in [1.165, 1.54) is 21.9 Å². The van der Waals surface area contributed by atoms with Gasteiger partial charge in [0.1, 0.15) is 5.65 Å². The Bertz CT molecular complexity index is 2780. The Morgan fingerprint density at radius 1 is 0.520 bits per heavy atom. The number of fused-ring (bicyclic) bond motifs is 6. The standard InChI is InChI=1S/C46H32N4/c1-3-16-35(4-2)50-41-26-14-12-24-38(41)43-44(47-45(48-46(43)50)32-19-9-6-10-20-32)34-27-28-42-39(30-34)37-23-11-13-25-40(37)49(42)36-22-15-21-33(29-36)31-17-7-5-8-18-31/h3-30H,1-2H2/b35-16+. The number of aromatic nitrogens is 4. The molecule has 9 aromatic rings. The molecule has 0 radical (unpaired) electrons. The molecule has 0 saturated heterocycles. The van der Waals surface area contributed by atoms with Crippen LogP contribution in [0, 0.1) is 0 Å². The SMILES string of the molecule is C=C/C=C(\C=C)n1c2ccccc2c2c(-c3ccc4c(c3)c3ccccc3n4-c3cccc(-c4ccccc4)c3)nc(-c3ccccc3)nc21. The van der Waals surface area contributed by atoms with Gasteiger partial charge in [-0.2, -0.15) is 0 Å². The lowest BCUT2D eigenvalue weighted by atomic mass is 10.0. The van der Waals surface area contributed by atoms with Crippen LogP contribution in [0.15, 0.2) is 183 Å². The van der Waals surface area contributed by atoms with Crippen molar-refractivity contribution in [2.45, 2.75) is 0 Å². The first-order valence-corrected chi connectivity index (χ1v) is 16.7. The lowest BCUT2D eigenvalue weighted by Crippen LogP contribution is -2.00. The molecular formula is C46H32N4. The summed E-state index contributed by atoms with van der Waals surface area (Å²) in [6.45, 7) is 8.12. The number of allylic oxidation sites excluding steroid dienone is 4. The zero-order valence-electron chi connectivity index (χ0n) is 27.4. The second-order valence-corrected chi connectivity index (χ2v) is 12.3. The Morgan fingerprint density at radius 2 is 1.18 bits per heavy atom. The lowest BCUT2D eigenvalue weighted by molar-refractivity contribution is 1.14. The Labute approximate surface area is 290 Å². The fraction of sp³-hybridized carbons (Fsp3) is 0. The normalized spacial score (nSPS) is 11.9. The van der Waals surface area contributed by atoms with Crippen molar-refractivity contribution in [3.8, 4) is 39.5 Å². The van der Waals surface area contributed by atoms with Crippen LogP contribution >= 0.6 is 0 Å². The number of nitrogens with zero attached hydrogens (tertiary/aromatic N) is 4. The Hall–Kier alpha value is -6.78. The van der Waals surface area contributed by atoms with Gasteiger partial charge in [0, 0.05) is 38.7 Å². The zero-order valence-corrected chi connectivity index (χ0v) is 27.4. The number of hydrogen-bond acceptors (Lipinski definition) is 2. The first-order valence-electron chi connectivity index (χ1n) is 16.7. The molecule has 4 heteroatoms. The molecule has 0 aliphatic carbocycles. The largest absolute Gasteiger partial charge is 0.309 e. The maximum absolute atomic E-state index is 5.34. The van der Waals surface area contributed by atoms with E-state index in [0.29, 0.717) is 5.82 Å². The predicted octanol–water partition coefficient (Wildman–Crippen LogP) is 11.9. The number of hydrogen-bond donors (Lipinski definition) is 0. The molecule has 236 valence electrons. The molecule has 0 aliphatic rings. The van der Waals surface area contributed by atoms with E-state index >= 15 is 0 Å². The van der Waals surface area contributed by atoms with Crippen LogP contribution in [0.5, 0.6) is 0 Å². The third-order valence-electron chi connectivity index (χ3n) is 9.46. The summed E-state index contributed by atoms with van der Waals surface area (Å²) in [6.07, 6.45) is 5.61. The fourth-order valence-electron chi connectivity index (χ4n) is 7.25. The summed E-state index contributed by atoms with van der Waals surface area (Å²) >= 11 is 0. The van der Waals surface area contributed by atoms with Gasteiger partial charge in [-0.3, -0.25) is 4.57 Å². The summed E-state index contributed by atoms with van der Waals surface area (Å²) in [4.78, 5) is 10.6. The minimum atomic E-state index is 0.666. The van der Waals surface area contributed by atoms with Crippen molar-refractivity contribution in [3.63, 3.8) is 0 Å². The number of rotatable bonds is 7. The fourth-order valence-corrected chi connectivity index (χ4v) is 7.25. The molecule has 50 heavy (non-hydrogen) atoms. The summed E-state index contributed by atoms with van der Waals surface area (Å²) in [5.74, 6) is 0.666. The van der Waals surface area contributed by atoms with Crippen LogP contribution < -0.4 is 0 Å². The molecule has 0 saturated carbocycles. The van der Waals surface area contributed by atoms with Gasteiger partial charge >= 0.3 is 0 Å². The summed E-state index contributed by atoms with van der Waals surface area (Å²) < 4.78 is 4.54. The van der Waals surface area contributed by atoms with Crippen LogP contribution in [0.4, 0.5) is 0 Å². The van der Waals surface area contributed by atoms with Crippen molar-refractivity contribution in [1.29, 1.82) is 0 Å². The molecular weight excluding hydrogens is 609 g/mol. The first kappa shape index (κ1) is 29.4. The van der Waals surface area contributed by atoms with Crippen molar-refractivity contribution in [2.75, 3.05) is 0 Å². The quantitative estimate of drug-likeness (QED) is 0.163. The molecule has 0 bridgehead atoms. The molecule has 0 aliphatic heterocycles. The molecule has 0 fully saturated rings. The third-order valence-corrected chi connectivity index (χ3v) is 9.46. The molecule has 0 atom stereocenters. The summed E-state index contributed by atoms with van der Waals surface area (Å²) in [5, 5.41) is 4.43. The molecule has 9 rings (SSSR count). The molecule has 3 aromatic heterocycles. The van der Waals surface area contributed by atoms with Gasteiger partial charge in [-0.1, -0.05) is 134 Å². The number of para-hydroxylation sites is 2. The van der Waals surface area contributed by atoms with E-state index in [1.54, 1.807) is 6.08 Å². The Morgan fingerprint density at radius 3 is 1.94 bits per heavy atom. The van der Waals surface area contributed by atoms with Gasteiger partial charge in [-0.15, -0.1) is 0 Å². The van der Waals surface area contributed by atoms with Gasteiger partial charge in [0.2, 0.25) is 0 Å². The van der Waals surface area contributed by atoms with Crippen molar-refractivity contribution < 1.29 is 0 Å². The topological polar surface area (TPSA) is 35.6 Å². The highest BCUT2D eigenvalue weighted by molar-refractivity contribution is 6.16. The third kappa shape index (κ3) is 4.69. The van der Waals surface area contributed by atoms with Gasteiger partial charge in [-0.05, 0) is 59.7 Å². The summed E-state index contributed by atoms with van der Waals surface area (Å²) in [5.41, 5.74) is 11.4. The molecule has 0 unspecified atom stereocenters. The maximum Gasteiger partial charge on any atom is 0.162 e. The zero-order chi connectivity index (χ0) is 33.6. The van der Waals surface area contributed by atoms with Gasteiger partial charge in [0.05, 0.1) is 27.6 Å². The highest BCUT2D eigenvalue weighted by atomic mass is 15.1. The van der Waals surface area contributed by atoms with Gasteiger partial charge in [0.25, 0.3) is 0 Å². The van der Waals surface area contributed by atoms with E-state index in [4.69, 9.17) is 9.97 Å². The average Bonchev–Trinajstić information content (AvgIpc) is 3.70. The van der Waals surface area contributed by atoms with Gasteiger partial charge in [0.15, 0.2) is 5.82 Å². The van der Waals surface area contributed by atoms with Crippen LogP contribution in [-0.2, 0) is 0 Å². The highest BCUT2D eigenvalue weighted by Crippen LogP contribution is 2.41. The van der Waals surface area contributed by atoms with Crippen LogP contribution in [0.25, 0.3) is 88.9 Å². The smallest absolute Gasteiger partial charge is 0.162 e. The minimum Gasteiger partial charge on any atom is -0.309 e. The highest BCUT2D eigenvalue weighted by Gasteiger charge is 2.22. The molecule has 0 N–H and O–H groups in total. The van der Waals surface area contributed by atoms with E-state index in [-0.39, 0.29) is 0 Å². The van der Waals surface area contributed by atoms with Crippen molar-refractivity contribution >= 4 is 49.4 Å². The Kier molecular flexibility index (Phi) is 7.07. The molecule has 3 heterocycles. The maximum atomic E-state index is 5.34. The number of benzene rings is 6. The van der Waals surface area contributed by atoms with Gasteiger partial charge < -0.3 is 4.57 Å². The van der Waals surface area contributed by atoms with E-state index in [1.807, 2.05) is 30.4 Å². The summed E-state index contributed by atoms with van der Waals surface area (Å²) in [7, 11) is 0.